The highest BCUT2D eigenvalue weighted by molar-refractivity contribution is 5.51. The van der Waals surface area contributed by atoms with Crippen LogP contribution in [0.4, 0.5) is 10.1 Å². The van der Waals surface area contributed by atoms with Crippen LogP contribution >= 0.6 is 0 Å². The fraction of sp³-hybridized carbons (Fsp3) is 0.625. The molecule has 1 aliphatic rings. The smallest absolute Gasteiger partial charge is 0.125 e. The van der Waals surface area contributed by atoms with Crippen LogP contribution in [0.5, 0.6) is 0 Å². The zero-order valence-electron chi connectivity index (χ0n) is 12.6. The molecule has 1 unspecified atom stereocenters. The Morgan fingerprint density at radius 1 is 1.32 bits per heavy atom. The zero-order valence-corrected chi connectivity index (χ0v) is 12.6. The van der Waals surface area contributed by atoms with Gasteiger partial charge in [-0.1, -0.05) is 13.8 Å². The molecule has 0 aliphatic carbocycles. The molecule has 2 nitrogen and oxygen atoms in total. The number of anilines is 1. The van der Waals surface area contributed by atoms with Gasteiger partial charge in [0.15, 0.2) is 0 Å². The molecule has 0 saturated carbocycles. The van der Waals surface area contributed by atoms with E-state index in [1.807, 2.05) is 6.92 Å². The summed E-state index contributed by atoms with van der Waals surface area (Å²) in [5, 5.41) is 3.58. The number of nitrogens with one attached hydrogen (secondary N) is 1. The minimum absolute atomic E-state index is 0.0611. The molecule has 0 aromatic heterocycles. The molecular weight excluding hydrogens is 239 g/mol. The molecule has 2 rings (SSSR count). The van der Waals surface area contributed by atoms with Crippen LogP contribution in [-0.2, 0) is 0 Å². The first-order chi connectivity index (χ1) is 8.78. The molecule has 1 N–H and O–H groups in total. The van der Waals surface area contributed by atoms with Crippen LogP contribution in [0.3, 0.4) is 0 Å². The van der Waals surface area contributed by atoms with Crippen molar-refractivity contribution in [2.24, 2.45) is 5.92 Å². The lowest BCUT2D eigenvalue weighted by Crippen LogP contribution is -2.63. The normalized spacial score (nSPS) is 22.9. The maximum absolute atomic E-state index is 13.7. The van der Waals surface area contributed by atoms with E-state index in [9.17, 15) is 4.39 Å². The highest BCUT2D eigenvalue weighted by Gasteiger charge is 2.34. The molecule has 19 heavy (non-hydrogen) atoms. The topological polar surface area (TPSA) is 15.3 Å². The van der Waals surface area contributed by atoms with Crippen molar-refractivity contribution in [3.63, 3.8) is 0 Å². The molecule has 1 aromatic rings. The second kappa shape index (κ2) is 5.12. The van der Waals surface area contributed by atoms with Gasteiger partial charge in [-0.3, -0.25) is 0 Å². The van der Waals surface area contributed by atoms with Crippen molar-refractivity contribution in [1.82, 2.24) is 5.32 Å². The molecule has 0 amide bonds. The summed E-state index contributed by atoms with van der Waals surface area (Å²) in [5.41, 5.74) is 2.05. The van der Waals surface area contributed by atoms with Crippen molar-refractivity contribution >= 4 is 5.69 Å². The summed E-state index contributed by atoms with van der Waals surface area (Å²) in [6.07, 6.45) is 0. The van der Waals surface area contributed by atoms with Crippen molar-refractivity contribution in [1.29, 1.82) is 0 Å². The van der Waals surface area contributed by atoms with Crippen LogP contribution in [0.1, 0.15) is 33.3 Å². The van der Waals surface area contributed by atoms with E-state index in [1.165, 1.54) is 0 Å². The molecule has 0 bridgehead atoms. The largest absolute Gasteiger partial charge is 0.365 e. The van der Waals surface area contributed by atoms with Gasteiger partial charge in [0.05, 0.1) is 0 Å². The Hall–Kier alpha value is -1.09. The summed E-state index contributed by atoms with van der Waals surface area (Å²) in [5.74, 6) is 0.390. The molecule has 1 saturated heterocycles. The van der Waals surface area contributed by atoms with Gasteiger partial charge in [-0.25, -0.2) is 4.39 Å². The van der Waals surface area contributed by atoms with Crippen molar-refractivity contribution in [3.05, 3.63) is 29.6 Å². The maximum atomic E-state index is 13.7. The average molecular weight is 264 g/mol. The van der Waals surface area contributed by atoms with Crippen molar-refractivity contribution in [2.75, 3.05) is 18.0 Å². The van der Waals surface area contributed by atoms with Crippen LogP contribution in [0, 0.1) is 18.7 Å². The second-order valence-corrected chi connectivity index (χ2v) is 6.69. The van der Waals surface area contributed by atoms with Gasteiger partial charge >= 0.3 is 0 Å². The van der Waals surface area contributed by atoms with Gasteiger partial charge < -0.3 is 10.2 Å². The average Bonchev–Trinajstić information content (AvgIpc) is 2.25. The van der Waals surface area contributed by atoms with Crippen molar-refractivity contribution < 1.29 is 4.39 Å². The standard InChI is InChI=1S/C16H25FN2/c1-11(2)15-9-18-16(4,5)10-19(15)14-7-12(3)6-13(17)8-14/h6-8,11,15,18H,9-10H2,1-5H3. The predicted octanol–water partition coefficient (Wildman–Crippen LogP) is 3.35. The van der Waals surface area contributed by atoms with E-state index in [0.29, 0.717) is 12.0 Å². The Morgan fingerprint density at radius 3 is 2.58 bits per heavy atom. The van der Waals surface area contributed by atoms with Crippen molar-refractivity contribution in [2.45, 2.75) is 46.2 Å². The van der Waals surface area contributed by atoms with E-state index < -0.39 is 0 Å². The molecule has 1 atom stereocenters. The number of aryl methyl sites for hydroxylation is 1. The Bertz CT molecular complexity index is 434. The molecule has 1 fully saturated rings. The first-order valence-corrected chi connectivity index (χ1v) is 7.07. The summed E-state index contributed by atoms with van der Waals surface area (Å²) >= 11 is 0. The van der Waals surface area contributed by atoms with Gasteiger partial charge in [0.2, 0.25) is 0 Å². The van der Waals surface area contributed by atoms with Gasteiger partial charge in [0.25, 0.3) is 0 Å². The lowest BCUT2D eigenvalue weighted by atomic mass is 9.92. The molecule has 0 spiro atoms. The summed E-state index contributed by atoms with van der Waals surface area (Å²) in [4.78, 5) is 2.36. The maximum Gasteiger partial charge on any atom is 0.125 e. The second-order valence-electron chi connectivity index (χ2n) is 6.69. The van der Waals surface area contributed by atoms with E-state index in [4.69, 9.17) is 0 Å². The summed E-state index contributed by atoms with van der Waals surface area (Å²) in [6, 6.07) is 5.74. The molecule has 106 valence electrons. The minimum Gasteiger partial charge on any atom is -0.365 e. The number of piperazine rings is 1. The number of hydrogen-bond donors (Lipinski definition) is 1. The van der Waals surface area contributed by atoms with Gasteiger partial charge in [0, 0.05) is 30.4 Å². The highest BCUT2D eigenvalue weighted by atomic mass is 19.1. The lowest BCUT2D eigenvalue weighted by Gasteiger charge is -2.47. The Kier molecular flexibility index (Phi) is 3.86. The van der Waals surface area contributed by atoms with E-state index in [0.717, 1.165) is 24.3 Å². The summed E-state index contributed by atoms with van der Waals surface area (Å²) in [6.45, 7) is 12.6. The fourth-order valence-corrected chi connectivity index (χ4v) is 2.85. The minimum atomic E-state index is -0.145. The molecule has 0 radical (unpaired) electrons. The van der Waals surface area contributed by atoms with Gasteiger partial charge in [-0.15, -0.1) is 0 Å². The number of halogens is 1. The molecule has 3 heteroatoms. The fourth-order valence-electron chi connectivity index (χ4n) is 2.85. The Balaban J connectivity index is 2.36. The van der Waals surface area contributed by atoms with E-state index in [-0.39, 0.29) is 11.4 Å². The van der Waals surface area contributed by atoms with Gasteiger partial charge in [-0.05, 0) is 50.5 Å². The predicted molar refractivity (Wildman–Crippen MR) is 79.2 cm³/mol. The number of hydrogen-bond acceptors (Lipinski definition) is 2. The van der Waals surface area contributed by atoms with E-state index >= 15 is 0 Å². The van der Waals surface area contributed by atoms with Crippen LogP contribution in [0.15, 0.2) is 18.2 Å². The summed E-state index contributed by atoms with van der Waals surface area (Å²) < 4.78 is 13.7. The van der Waals surface area contributed by atoms with Crippen LogP contribution in [0.25, 0.3) is 0 Å². The van der Waals surface area contributed by atoms with Gasteiger partial charge in [0.1, 0.15) is 5.82 Å². The number of rotatable bonds is 2. The quantitative estimate of drug-likeness (QED) is 0.881. The van der Waals surface area contributed by atoms with Crippen LogP contribution in [0.2, 0.25) is 0 Å². The monoisotopic (exact) mass is 264 g/mol. The Morgan fingerprint density at radius 2 is 2.00 bits per heavy atom. The third kappa shape index (κ3) is 3.27. The molecular formula is C16H25FN2. The Labute approximate surface area is 116 Å². The first kappa shape index (κ1) is 14.3. The molecule has 1 aromatic carbocycles. The number of nitrogens with zero attached hydrogens (tertiary/aromatic N) is 1. The van der Waals surface area contributed by atoms with Gasteiger partial charge in [-0.2, -0.15) is 0 Å². The lowest BCUT2D eigenvalue weighted by molar-refractivity contribution is 0.277. The highest BCUT2D eigenvalue weighted by Crippen LogP contribution is 2.28. The summed E-state index contributed by atoms with van der Waals surface area (Å²) in [7, 11) is 0. The van der Waals surface area contributed by atoms with Crippen LogP contribution < -0.4 is 10.2 Å². The molecule has 1 aliphatic heterocycles. The molecule has 1 heterocycles. The first-order valence-electron chi connectivity index (χ1n) is 7.07. The third-order valence-electron chi connectivity index (χ3n) is 3.88. The zero-order chi connectivity index (χ0) is 14.2. The third-order valence-corrected chi connectivity index (χ3v) is 3.88. The van der Waals surface area contributed by atoms with E-state index in [1.54, 1.807) is 12.1 Å². The SMILES string of the molecule is Cc1cc(F)cc(N2CC(C)(C)NCC2C(C)C)c1. The number of benzene rings is 1. The van der Waals surface area contributed by atoms with E-state index in [2.05, 4.69) is 44.0 Å². The van der Waals surface area contributed by atoms with Crippen LogP contribution in [-0.4, -0.2) is 24.7 Å². The van der Waals surface area contributed by atoms with Crippen molar-refractivity contribution in [3.8, 4) is 0 Å².